The highest BCUT2D eigenvalue weighted by atomic mass is 16.2. The van der Waals surface area contributed by atoms with Gasteiger partial charge >= 0.3 is 5.69 Å². The molecule has 5 nitrogen and oxygen atoms in total. The first-order chi connectivity index (χ1) is 6.50. The molecule has 0 bridgehead atoms. The van der Waals surface area contributed by atoms with Crippen LogP contribution in [-0.4, -0.2) is 16.2 Å². The van der Waals surface area contributed by atoms with Gasteiger partial charge in [-0.15, -0.1) is 0 Å². The van der Waals surface area contributed by atoms with E-state index in [1.165, 1.54) is 0 Å². The van der Waals surface area contributed by atoms with Gasteiger partial charge in [-0.2, -0.15) is 0 Å². The topological polar surface area (TPSA) is 78.1 Å². The fraction of sp³-hybridized carbons (Fsp3) is 0.444. The van der Waals surface area contributed by atoms with Crippen LogP contribution in [0.5, 0.6) is 0 Å². The smallest absolute Gasteiger partial charge is 0.309 e. The minimum Gasteiger partial charge on any atom is -0.309 e. The molecule has 1 heterocycles. The summed E-state index contributed by atoms with van der Waals surface area (Å²) in [6, 6.07) is 0. The molecule has 1 aromatic rings. The van der Waals surface area contributed by atoms with Crippen LogP contribution in [-0.2, 0) is 0 Å². The highest BCUT2D eigenvalue weighted by Crippen LogP contribution is 2.06. The second kappa shape index (κ2) is 4.04. The molecule has 5 heteroatoms. The summed E-state index contributed by atoms with van der Waals surface area (Å²) in [6.07, 6.45) is 1.66. The molecule has 0 amide bonds. The molecule has 14 heavy (non-hydrogen) atoms. The van der Waals surface area contributed by atoms with Crippen LogP contribution < -0.4 is 11.2 Å². The Bertz CT molecular complexity index is 454. The van der Waals surface area contributed by atoms with Gasteiger partial charge in [0.2, 0.25) is 0 Å². The van der Waals surface area contributed by atoms with E-state index in [4.69, 9.17) is 0 Å². The summed E-state index contributed by atoms with van der Waals surface area (Å²) < 4.78 is 0. The summed E-state index contributed by atoms with van der Waals surface area (Å²) in [4.78, 5) is 30.7. The van der Waals surface area contributed by atoms with Crippen molar-refractivity contribution in [2.75, 3.05) is 0 Å². The molecule has 1 rings (SSSR count). The van der Waals surface area contributed by atoms with Crippen LogP contribution in [0.3, 0.4) is 0 Å². The van der Waals surface area contributed by atoms with Crippen molar-refractivity contribution in [3.63, 3.8) is 0 Å². The van der Waals surface area contributed by atoms with Gasteiger partial charge in [0.15, 0.2) is 0 Å². The lowest BCUT2D eigenvalue weighted by Crippen LogP contribution is -2.22. The zero-order chi connectivity index (χ0) is 10.7. The molecule has 2 N–H and O–H groups in total. The van der Waals surface area contributed by atoms with Crippen molar-refractivity contribution in [2.24, 2.45) is 10.9 Å². The molecule has 0 spiro atoms. The number of nitrogens with one attached hydrogen (secondary N) is 2. The zero-order valence-electron chi connectivity index (χ0n) is 8.42. The van der Waals surface area contributed by atoms with E-state index in [0.717, 1.165) is 0 Å². The van der Waals surface area contributed by atoms with Gasteiger partial charge in [0.1, 0.15) is 5.69 Å². The van der Waals surface area contributed by atoms with Crippen molar-refractivity contribution in [1.82, 2.24) is 9.97 Å². The van der Waals surface area contributed by atoms with Crippen molar-refractivity contribution in [3.8, 4) is 0 Å². The van der Waals surface area contributed by atoms with Crippen molar-refractivity contribution >= 4 is 11.9 Å². The maximum Gasteiger partial charge on any atom is 0.326 e. The van der Waals surface area contributed by atoms with Gasteiger partial charge in [0.05, 0.1) is 0 Å². The number of hydrogen-bond donors (Lipinski definition) is 2. The number of nitrogens with zero attached hydrogens (tertiary/aromatic N) is 1. The Labute approximate surface area is 80.9 Å². The predicted octanol–water partition coefficient (Wildman–Crippen LogP) is 0.730. The van der Waals surface area contributed by atoms with Gasteiger partial charge < -0.3 is 4.98 Å². The van der Waals surface area contributed by atoms with Crippen molar-refractivity contribution < 1.29 is 0 Å². The normalized spacial score (nSPS) is 11.4. The zero-order valence-corrected chi connectivity index (χ0v) is 8.42. The van der Waals surface area contributed by atoms with E-state index < -0.39 is 11.2 Å². The molecule has 0 aliphatic rings. The van der Waals surface area contributed by atoms with E-state index in [1.54, 1.807) is 13.1 Å². The Hall–Kier alpha value is -1.65. The molecule has 0 aliphatic heterocycles. The SMILES string of the molecule is Cc1[nH]c(=O)[nH]c(=O)c1N=CC(C)C. The Morgan fingerprint density at radius 2 is 1.93 bits per heavy atom. The van der Waals surface area contributed by atoms with Gasteiger partial charge in [-0.3, -0.25) is 14.8 Å². The monoisotopic (exact) mass is 195 g/mol. The standard InChI is InChI=1S/C9H13N3O2/c1-5(2)4-10-7-6(3)11-9(14)12-8(7)13/h4-5H,1-3H3,(H2,11,12,13,14). The largest absolute Gasteiger partial charge is 0.326 e. The van der Waals surface area contributed by atoms with Crippen molar-refractivity contribution in [2.45, 2.75) is 20.8 Å². The number of hydrogen-bond acceptors (Lipinski definition) is 3. The Morgan fingerprint density at radius 3 is 2.43 bits per heavy atom. The lowest BCUT2D eigenvalue weighted by Gasteiger charge is -1.98. The summed E-state index contributed by atoms with van der Waals surface area (Å²) >= 11 is 0. The minimum atomic E-state index is -0.504. The van der Waals surface area contributed by atoms with E-state index in [0.29, 0.717) is 5.69 Å². The molecule has 0 radical (unpaired) electrons. The van der Waals surface area contributed by atoms with Crippen molar-refractivity contribution in [3.05, 3.63) is 26.5 Å². The van der Waals surface area contributed by atoms with Crippen LogP contribution in [0.1, 0.15) is 19.5 Å². The lowest BCUT2D eigenvalue weighted by molar-refractivity contribution is 0.904. The number of aryl methyl sites for hydroxylation is 1. The molecular weight excluding hydrogens is 182 g/mol. The molecule has 0 aromatic carbocycles. The second-order valence-electron chi connectivity index (χ2n) is 3.40. The molecule has 0 aliphatic carbocycles. The fourth-order valence-electron chi connectivity index (χ4n) is 0.972. The quantitative estimate of drug-likeness (QED) is 0.682. The Kier molecular flexibility index (Phi) is 3.01. The average Bonchev–Trinajstić information content (AvgIpc) is 2.01. The van der Waals surface area contributed by atoms with Crippen LogP contribution in [0.2, 0.25) is 0 Å². The van der Waals surface area contributed by atoms with Crippen LogP contribution in [0, 0.1) is 12.8 Å². The van der Waals surface area contributed by atoms with Crippen LogP contribution in [0.4, 0.5) is 5.69 Å². The first kappa shape index (κ1) is 10.4. The maximum atomic E-state index is 11.3. The van der Waals surface area contributed by atoms with Gasteiger partial charge in [-0.25, -0.2) is 4.79 Å². The first-order valence-electron chi connectivity index (χ1n) is 4.38. The van der Waals surface area contributed by atoms with Crippen LogP contribution >= 0.6 is 0 Å². The predicted molar refractivity (Wildman–Crippen MR) is 55.4 cm³/mol. The third-order valence-electron chi connectivity index (χ3n) is 1.60. The highest BCUT2D eigenvalue weighted by molar-refractivity contribution is 5.65. The van der Waals surface area contributed by atoms with Gasteiger partial charge in [0, 0.05) is 11.9 Å². The number of aromatic amines is 2. The molecule has 0 saturated heterocycles. The summed E-state index contributed by atoms with van der Waals surface area (Å²) in [5.41, 5.74) is -0.215. The summed E-state index contributed by atoms with van der Waals surface area (Å²) in [7, 11) is 0. The number of rotatable bonds is 2. The third-order valence-corrected chi connectivity index (χ3v) is 1.60. The summed E-state index contributed by atoms with van der Waals surface area (Å²) in [5, 5.41) is 0. The Morgan fingerprint density at radius 1 is 1.29 bits per heavy atom. The van der Waals surface area contributed by atoms with Crippen LogP contribution in [0.25, 0.3) is 0 Å². The third kappa shape index (κ3) is 2.42. The molecule has 1 aromatic heterocycles. The molecule has 0 atom stereocenters. The second-order valence-corrected chi connectivity index (χ2v) is 3.40. The van der Waals surface area contributed by atoms with Crippen LogP contribution in [0.15, 0.2) is 14.6 Å². The molecule has 76 valence electrons. The van der Waals surface area contributed by atoms with E-state index >= 15 is 0 Å². The van der Waals surface area contributed by atoms with Gasteiger partial charge in [0.25, 0.3) is 5.56 Å². The molecule has 0 unspecified atom stereocenters. The van der Waals surface area contributed by atoms with E-state index in [-0.39, 0.29) is 11.6 Å². The maximum absolute atomic E-state index is 11.3. The first-order valence-corrected chi connectivity index (χ1v) is 4.38. The average molecular weight is 195 g/mol. The number of aliphatic imine (C=N–C) groups is 1. The van der Waals surface area contributed by atoms with Crippen molar-refractivity contribution in [1.29, 1.82) is 0 Å². The number of H-pyrrole nitrogens is 2. The van der Waals surface area contributed by atoms with E-state index in [9.17, 15) is 9.59 Å². The van der Waals surface area contributed by atoms with E-state index in [2.05, 4.69) is 15.0 Å². The molecule has 0 fully saturated rings. The fourth-order valence-corrected chi connectivity index (χ4v) is 0.972. The molecule has 0 saturated carbocycles. The van der Waals surface area contributed by atoms with Gasteiger partial charge in [-0.1, -0.05) is 13.8 Å². The summed E-state index contributed by atoms with van der Waals surface area (Å²) in [6.45, 7) is 5.56. The number of aromatic nitrogens is 2. The summed E-state index contributed by atoms with van der Waals surface area (Å²) in [5.74, 6) is 0.265. The minimum absolute atomic E-state index is 0.262. The van der Waals surface area contributed by atoms with E-state index in [1.807, 2.05) is 13.8 Å². The lowest BCUT2D eigenvalue weighted by atomic mass is 10.2. The van der Waals surface area contributed by atoms with Gasteiger partial charge in [-0.05, 0) is 12.8 Å². The molecular formula is C9H13N3O2. The highest BCUT2D eigenvalue weighted by Gasteiger charge is 2.02. The Balaban J connectivity index is 3.22.